The van der Waals surface area contributed by atoms with Gasteiger partial charge in [-0.15, -0.1) is 10.2 Å². The van der Waals surface area contributed by atoms with Crippen LogP contribution in [0.5, 0.6) is 5.75 Å². The molecule has 1 amide bonds. The number of nitrogen functional groups attached to an aromatic ring is 1. The number of nitrogens with one attached hydrogen (secondary N) is 1. The van der Waals surface area contributed by atoms with E-state index in [9.17, 15) is 9.18 Å². The summed E-state index contributed by atoms with van der Waals surface area (Å²) in [6.45, 7) is 1.68. The van der Waals surface area contributed by atoms with Gasteiger partial charge in [0.2, 0.25) is 11.8 Å². The van der Waals surface area contributed by atoms with E-state index < -0.39 is 11.7 Å². The molecule has 0 bridgehead atoms. The van der Waals surface area contributed by atoms with Crippen molar-refractivity contribution < 1.29 is 18.3 Å². The zero-order valence-electron chi connectivity index (χ0n) is 15.6. The molecule has 4 rings (SSSR count). The first-order chi connectivity index (χ1) is 14.0. The Morgan fingerprint density at radius 3 is 2.86 bits per heavy atom. The summed E-state index contributed by atoms with van der Waals surface area (Å²) in [4.78, 5) is 17.0. The van der Waals surface area contributed by atoms with E-state index in [2.05, 4.69) is 20.5 Å². The van der Waals surface area contributed by atoms with Crippen LogP contribution in [0.25, 0.3) is 16.8 Å². The van der Waals surface area contributed by atoms with Gasteiger partial charge in [0.1, 0.15) is 23.0 Å². The third-order valence-corrected chi connectivity index (χ3v) is 4.33. The largest absolute Gasteiger partial charge is 0.496 e. The summed E-state index contributed by atoms with van der Waals surface area (Å²) in [7, 11) is 1.45. The van der Waals surface area contributed by atoms with E-state index >= 15 is 0 Å². The fourth-order valence-corrected chi connectivity index (χ4v) is 3.03. The maximum atomic E-state index is 14.6. The Bertz CT molecular complexity index is 1220. The van der Waals surface area contributed by atoms with Crippen LogP contribution in [0.15, 0.2) is 40.9 Å². The Morgan fingerprint density at radius 1 is 1.31 bits per heavy atom. The summed E-state index contributed by atoms with van der Waals surface area (Å²) < 4.78 is 26.6. The van der Waals surface area contributed by atoms with E-state index in [1.807, 2.05) is 0 Å². The van der Waals surface area contributed by atoms with E-state index in [-0.39, 0.29) is 29.5 Å². The number of aromatic nitrogens is 4. The maximum Gasteiger partial charge on any atom is 0.274 e. The molecular formula is C19H17FN6O3. The first kappa shape index (κ1) is 18.4. The van der Waals surface area contributed by atoms with Crippen LogP contribution in [0.1, 0.15) is 22.3 Å². The molecule has 0 aliphatic carbocycles. The molecule has 3 aromatic heterocycles. The van der Waals surface area contributed by atoms with Crippen LogP contribution in [0, 0.1) is 12.7 Å². The highest BCUT2D eigenvalue weighted by molar-refractivity contribution is 5.99. The van der Waals surface area contributed by atoms with Crippen molar-refractivity contribution in [2.75, 3.05) is 12.8 Å². The summed E-state index contributed by atoms with van der Waals surface area (Å²) in [5, 5.41) is 10.1. The number of nitrogens with zero attached hydrogens (tertiary/aromatic N) is 4. The van der Waals surface area contributed by atoms with Crippen LogP contribution in [0.4, 0.5) is 10.2 Å². The average Bonchev–Trinajstić information content (AvgIpc) is 3.29. The number of fused-ring (bicyclic) bond motifs is 1. The molecule has 0 saturated heterocycles. The topological polar surface area (TPSA) is 121 Å². The van der Waals surface area contributed by atoms with Gasteiger partial charge in [-0.3, -0.25) is 9.20 Å². The minimum atomic E-state index is -0.520. The predicted molar refractivity (Wildman–Crippen MR) is 102 cm³/mol. The van der Waals surface area contributed by atoms with Gasteiger partial charge in [0.15, 0.2) is 5.69 Å². The lowest BCUT2D eigenvalue weighted by molar-refractivity contribution is 0.0943. The van der Waals surface area contributed by atoms with Gasteiger partial charge in [-0.05, 0) is 24.3 Å². The number of benzene rings is 1. The van der Waals surface area contributed by atoms with E-state index in [0.717, 1.165) is 0 Å². The summed E-state index contributed by atoms with van der Waals surface area (Å²) in [6, 6.07) is 7.90. The van der Waals surface area contributed by atoms with Gasteiger partial charge in [-0.25, -0.2) is 9.37 Å². The van der Waals surface area contributed by atoms with Gasteiger partial charge in [0, 0.05) is 18.7 Å². The molecule has 0 saturated carbocycles. The van der Waals surface area contributed by atoms with Gasteiger partial charge in [0.25, 0.3) is 5.91 Å². The van der Waals surface area contributed by atoms with Crippen molar-refractivity contribution in [1.29, 1.82) is 0 Å². The molecule has 148 valence electrons. The Kier molecular flexibility index (Phi) is 4.59. The number of hydrogen-bond donors (Lipinski definition) is 2. The minimum Gasteiger partial charge on any atom is -0.496 e. The summed E-state index contributed by atoms with van der Waals surface area (Å²) in [6.07, 6.45) is 1.65. The Morgan fingerprint density at radius 2 is 2.14 bits per heavy atom. The fraction of sp³-hybridized carbons (Fsp3) is 0.158. The molecule has 9 nitrogen and oxygen atoms in total. The number of pyridine rings is 1. The van der Waals surface area contributed by atoms with Crippen LogP contribution in [0.2, 0.25) is 0 Å². The van der Waals surface area contributed by atoms with E-state index in [1.165, 1.54) is 17.6 Å². The summed E-state index contributed by atoms with van der Waals surface area (Å²) in [5.41, 5.74) is 7.14. The molecule has 4 aromatic rings. The number of anilines is 1. The van der Waals surface area contributed by atoms with Crippen molar-refractivity contribution in [3.63, 3.8) is 0 Å². The monoisotopic (exact) mass is 396 g/mol. The second kappa shape index (κ2) is 7.23. The van der Waals surface area contributed by atoms with E-state index in [4.69, 9.17) is 14.9 Å². The number of halogens is 1. The maximum absolute atomic E-state index is 14.6. The van der Waals surface area contributed by atoms with Crippen LogP contribution in [0.3, 0.4) is 0 Å². The van der Waals surface area contributed by atoms with Gasteiger partial charge in [-0.1, -0.05) is 6.07 Å². The van der Waals surface area contributed by atoms with Crippen LogP contribution >= 0.6 is 0 Å². The first-order valence-corrected chi connectivity index (χ1v) is 8.66. The Hall–Kier alpha value is -3.95. The highest BCUT2D eigenvalue weighted by Gasteiger charge is 2.22. The molecule has 3 heterocycles. The lowest BCUT2D eigenvalue weighted by Crippen LogP contribution is -2.24. The molecular weight excluding hydrogens is 379 g/mol. The SMILES string of the molecule is COc1cccc(F)c1-c1cccn2c(N)c(C(=O)NCc3nnc(C)o3)nc12. The zero-order valence-corrected chi connectivity index (χ0v) is 15.6. The number of aryl methyl sites for hydroxylation is 1. The van der Waals surface area contributed by atoms with Crippen LogP contribution in [-0.2, 0) is 6.54 Å². The second-order valence-electron chi connectivity index (χ2n) is 6.18. The number of nitrogens with two attached hydrogens (primary N) is 1. The number of hydrogen-bond acceptors (Lipinski definition) is 7. The molecule has 0 radical (unpaired) electrons. The van der Waals surface area contributed by atoms with Crippen LogP contribution < -0.4 is 15.8 Å². The highest BCUT2D eigenvalue weighted by Crippen LogP contribution is 2.35. The number of imidazole rings is 1. The highest BCUT2D eigenvalue weighted by atomic mass is 19.1. The molecule has 10 heteroatoms. The molecule has 0 unspecified atom stereocenters. The second-order valence-corrected chi connectivity index (χ2v) is 6.18. The van der Waals surface area contributed by atoms with Gasteiger partial charge >= 0.3 is 0 Å². The lowest BCUT2D eigenvalue weighted by Gasteiger charge is -2.10. The molecule has 0 aliphatic heterocycles. The molecule has 0 spiro atoms. The van der Waals surface area contributed by atoms with E-state index in [1.54, 1.807) is 37.4 Å². The molecule has 1 aromatic carbocycles. The van der Waals surface area contributed by atoms with Crippen molar-refractivity contribution in [1.82, 2.24) is 24.9 Å². The van der Waals surface area contributed by atoms with Crippen molar-refractivity contribution in [2.24, 2.45) is 0 Å². The molecule has 0 atom stereocenters. The Balaban J connectivity index is 1.74. The number of methoxy groups -OCH3 is 1. The van der Waals surface area contributed by atoms with Gasteiger partial charge in [-0.2, -0.15) is 0 Å². The number of carbonyl (C=O) groups excluding carboxylic acids is 1. The summed E-state index contributed by atoms with van der Waals surface area (Å²) in [5.74, 6) is 0.124. The first-order valence-electron chi connectivity index (χ1n) is 8.66. The number of carbonyl (C=O) groups is 1. The normalized spacial score (nSPS) is 11.0. The number of ether oxygens (including phenoxy) is 1. The van der Waals surface area contributed by atoms with Gasteiger partial charge in [0.05, 0.1) is 19.2 Å². The number of rotatable bonds is 5. The van der Waals surface area contributed by atoms with E-state index in [0.29, 0.717) is 22.9 Å². The summed E-state index contributed by atoms with van der Waals surface area (Å²) >= 11 is 0. The minimum absolute atomic E-state index is 0.00370. The quantitative estimate of drug-likeness (QED) is 0.531. The third-order valence-electron chi connectivity index (χ3n) is 4.33. The number of amides is 1. The standard InChI is InChI=1S/C19H17FN6O3/c1-10-24-25-14(29-10)9-22-19(27)16-17(21)26-8-4-5-11(18(26)23-16)15-12(20)6-3-7-13(15)28-2/h3-8H,9,21H2,1-2H3,(H,22,27). The van der Waals surface area contributed by atoms with Crippen molar-refractivity contribution >= 4 is 17.4 Å². The lowest BCUT2D eigenvalue weighted by atomic mass is 10.1. The molecule has 0 fully saturated rings. The van der Waals surface area contributed by atoms with Crippen molar-refractivity contribution in [3.8, 4) is 16.9 Å². The van der Waals surface area contributed by atoms with Crippen molar-refractivity contribution in [3.05, 3.63) is 59.8 Å². The third kappa shape index (κ3) is 3.24. The fourth-order valence-electron chi connectivity index (χ4n) is 3.03. The average molecular weight is 396 g/mol. The molecule has 29 heavy (non-hydrogen) atoms. The Labute approximate surface area is 164 Å². The zero-order chi connectivity index (χ0) is 20.5. The smallest absolute Gasteiger partial charge is 0.274 e. The molecule has 3 N–H and O–H groups in total. The van der Waals surface area contributed by atoms with Crippen LogP contribution in [-0.4, -0.2) is 32.6 Å². The van der Waals surface area contributed by atoms with Gasteiger partial charge < -0.3 is 20.2 Å². The van der Waals surface area contributed by atoms with Crippen molar-refractivity contribution in [2.45, 2.75) is 13.5 Å². The predicted octanol–water partition coefficient (Wildman–Crippen LogP) is 2.35. The molecule has 0 aliphatic rings.